The van der Waals surface area contributed by atoms with E-state index in [2.05, 4.69) is 30.9 Å². The Morgan fingerprint density at radius 3 is 2.33 bits per heavy atom. The third-order valence-corrected chi connectivity index (χ3v) is 3.62. The highest BCUT2D eigenvalue weighted by molar-refractivity contribution is 5.97. The first kappa shape index (κ1) is 15.4. The third-order valence-electron chi connectivity index (χ3n) is 3.62. The van der Waals surface area contributed by atoms with Crippen LogP contribution in [0.1, 0.15) is 44.1 Å². The lowest BCUT2D eigenvalue weighted by Gasteiger charge is -2.34. The fraction of sp³-hybridized carbons (Fsp3) is 0.438. The van der Waals surface area contributed by atoms with Gasteiger partial charge in [-0.2, -0.15) is 5.10 Å². The highest BCUT2D eigenvalue weighted by atomic mass is 19.1. The van der Waals surface area contributed by atoms with Gasteiger partial charge in [0.1, 0.15) is 18.5 Å². The maximum absolute atomic E-state index is 13.0. The van der Waals surface area contributed by atoms with Gasteiger partial charge in [-0.25, -0.2) is 14.1 Å². The summed E-state index contributed by atoms with van der Waals surface area (Å²) in [6, 6.07) is 5.53. The molecule has 1 aromatic carbocycles. The Balaban J connectivity index is 2.32. The first-order valence-electron chi connectivity index (χ1n) is 6.94. The van der Waals surface area contributed by atoms with E-state index in [1.54, 1.807) is 11.0 Å². The van der Waals surface area contributed by atoms with Crippen LogP contribution in [0.4, 0.5) is 4.39 Å². The van der Waals surface area contributed by atoms with Crippen LogP contribution in [0.3, 0.4) is 0 Å². The standard InChI is InChI=1S/C16H20FN3O/c1-11(14(21)12-5-7-13(17)8-6-12)15(16(2,3)4)20-10-18-9-19-20/h5-11,15H,1-4H3. The molecule has 2 rings (SSSR count). The lowest BCUT2D eigenvalue weighted by Crippen LogP contribution is -2.34. The Bertz CT molecular complexity index is 599. The van der Waals surface area contributed by atoms with Crippen molar-refractivity contribution in [3.05, 3.63) is 48.3 Å². The van der Waals surface area contributed by atoms with Gasteiger partial charge in [-0.15, -0.1) is 0 Å². The van der Waals surface area contributed by atoms with Crippen molar-refractivity contribution in [1.29, 1.82) is 0 Å². The molecule has 0 spiro atoms. The highest BCUT2D eigenvalue weighted by Crippen LogP contribution is 2.37. The summed E-state index contributed by atoms with van der Waals surface area (Å²) in [4.78, 5) is 16.6. The molecule has 2 aromatic rings. The molecule has 0 aliphatic carbocycles. The summed E-state index contributed by atoms with van der Waals surface area (Å²) in [5.41, 5.74) is 0.348. The molecule has 21 heavy (non-hydrogen) atoms. The van der Waals surface area contributed by atoms with E-state index >= 15 is 0 Å². The second-order valence-electron chi connectivity index (χ2n) is 6.35. The molecule has 2 atom stereocenters. The van der Waals surface area contributed by atoms with Gasteiger partial charge in [0.05, 0.1) is 6.04 Å². The average molecular weight is 289 g/mol. The first-order valence-corrected chi connectivity index (χ1v) is 6.94. The minimum Gasteiger partial charge on any atom is -0.294 e. The molecule has 0 saturated heterocycles. The summed E-state index contributed by atoms with van der Waals surface area (Å²) in [6.45, 7) is 8.07. The Morgan fingerprint density at radius 1 is 1.24 bits per heavy atom. The molecule has 2 unspecified atom stereocenters. The van der Waals surface area contributed by atoms with E-state index in [1.807, 2.05) is 6.92 Å². The zero-order chi connectivity index (χ0) is 15.6. The average Bonchev–Trinajstić information content (AvgIpc) is 2.91. The van der Waals surface area contributed by atoms with Gasteiger partial charge in [0.2, 0.25) is 0 Å². The van der Waals surface area contributed by atoms with Crippen molar-refractivity contribution in [2.24, 2.45) is 11.3 Å². The second-order valence-corrected chi connectivity index (χ2v) is 6.35. The quantitative estimate of drug-likeness (QED) is 0.809. The number of rotatable bonds is 4. The van der Waals surface area contributed by atoms with Crippen molar-refractivity contribution < 1.29 is 9.18 Å². The van der Waals surface area contributed by atoms with E-state index in [0.29, 0.717) is 5.56 Å². The zero-order valence-corrected chi connectivity index (χ0v) is 12.7. The van der Waals surface area contributed by atoms with Crippen LogP contribution in [-0.2, 0) is 0 Å². The number of hydrogen-bond donors (Lipinski definition) is 0. The van der Waals surface area contributed by atoms with Gasteiger partial charge in [-0.1, -0.05) is 27.7 Å². The van der Waals surface area contributed by atoms with Crippen molar-refractivity contribution in [3.63, 3.8) is 0 Å². The Morgan fingerprint density at radius 2 is 1.86 bits per heavy atom. The Kier molecular flexibility index (Phi) is 4.21. The van der Waals surface area contributed by atoms with Crippen LogP contribution in [0, 0.1) is 17.2 Å². The topological polar surface area (TPSA) is 47.8 Å². The van der Waals surface area contributed by atoms with Crippen LogP contribution in [0.5, 0.6) is 0 Å². The smallest absolute Gasteiger partial charge is 0.167 e. The number of benzene rings is 1. The van der Waals surface area contributed by atoms with Gasteiger partial charge in [0.25, 0.3) is 0 Å². The monoisotopic (exact) mass is 289 g/mol. The molecule has 0 aliphatic heterocycles. The van der Waals surface area contributed by atoms with Gasteiger partial charge >= 0.3 is 0 Å². The summed E-state index contributed by atoms with van der Waals surface area (Å²) in [5, 5.41) is 4.19. The Labute approximate surface area is 124 Å². The molecule has 5 heteroatoms. The molecule has 0 amide bonds. The number of halogens is 1. The summed E-state index contributed by atoms with van der Waals surface area (Å²) in [6.07, 6.45) is 3.10. The number of hydrogen-bond acceptors (Lipinski definition) is 3. The molecule has 0 radical (unpaired) electrons. The second kappa shape index (κ2) is 5.76. The minimum absolute atomic E-state index is 0.0228. The first-order chi connectivity index (χ1) is 9.80. The molecule has 0 bridgehead atoms. The molecule has 0 N–H and O–H groups in total. The molecule has 1 heterocycles. The number of Topliss-reactive ketones (excluding diaryl/α,β-unsaturated/α-hetero) is 1. The molecular weight excluding hydrogens is 269 g/mol. The summed E-state index contributed by atoms with van der Waals surface area (Å²) in [7, 11) is 0. The summed E-state index contributed by atoms with van der Waals surface area (Å²) in [5.74, 6) is -0.662. The fourth-order valence-corrected chi connectivity index (χ4v) is 2.76. The van der Waals surface area contributed by atoms with Crippen molar-refractivity contribution in [1.82, 2.24) is 14.8 Å². The van der Waals surface area contributed by atoms with Crippen LogP contribution in [-0.4, -0.2) is 20.5 Å². The SMILES string of the molecule is CC(C(=O)c1ccc(F)cc1)C(n1cncn1)C(C)(C)C. The lowest BCUT2D eigenvalue weighted by atomic mass is 9.77. The van der Waals surface area contributed by atoms with Crippen LogP contribution < -0.4 is 0 Å². The van der Waals surface area contributed by atoms with E-state index < -0.39 is 0 Å². The molecule has 0 saturated carbocycles. The number of carbonyl (C=O) groups excluding carboxylic acids is 1. The van der Waals surface area contributed by atoms with Gasteiger partial charge in [-0.05, 0) is 29.7 Å². The van der Waals surface area contributed by atoms with E-state index in [0.717, 1.165) is 0 Å². The largest absolute Gasteiger partial charge is 0.294 e. The van der Waals surface area contributed by atoms with Gasteiger partial charge in [0, 0.05) is 11.5 Å². The summed E-state index contributed by atoms with van der Waals surface area (Å²) >= 11 is 0. The van der Waals surface area contributed by atoms with Gasteiger partial charge in [0.15, 0.2) is 5.78 Å². The van der Waals surface area contributed by atoms with E-state index in [1.165, 1.54) is 30.6 Å². The van der Waals surface area contributed by atoms with Crippen molar-refractivity contribution in [2.45, 2.75) is 33.7 Å². The molecular formula is C16H20FN3O. The lowest BCUT2D eigenvalue weighted by molar-refractivity contribution is 0.0787. The van der Waals surface area contributed by atoms with Gasteiger partial charge < -0.3 is 0 Å². The predicted molar refractivity (Wildman–Crippen MR) is 78.4 cm³/mol. The number of carbonyl (C=O) groups is 1. The Hall–Kier alpha value is -2.04. The molecule has 0 fully saturated rings. The van der Waals surface area contributed by atoms with Crippen LogP contribution in [0.15, 0.2) is 36.9 Å². The van der Waals surface area contributed by atoms with E-state index in [-0.39, 0.29) is 29.0 Å². The van der Waals surface area contributed by atoms with Crippen molar-refractivity contribution >= 4 is 5.78 Å². The third kappa shape index (κ3) is 3.35. The normalized spacial score (nSPS) is 14.7. The van der Waals surface area contributed by atoms with E-state index in [9.17, 15) is 9.18 Å². The van der Waals surface area contributed by atoms with Gasteiger partial charge in [-0.3, -0.25) is 4.79 Å². The van der Waals surface area contributed by atoms with Crippen molar-refractivity contribution in [2.75, 3.05) is 0 Å². The van der Waals surface area contributed by atoms with Crippen molar-refractivity contribution in [3.8, 4) is 0 Å². The van der Waals surface area contributed by atoms with Crippen LogP contribution >= 0.6 is 0 Å². The number of aromatic nitrogens is 3. The molecule has 112 valence electrons. The maximum Gasteiger partial charge on any atom is 0.167 e. The van der Waals surface area contributed by atoms with E-state index in [4.69, 9.17) is 0 Å². The minimum atomic E-state index is -0.345. The number of nitrogens with zero attached hydrogens (tertiary/aromatic N) is 3. The summed E-state index contributed by atoms with van der Waals surface area (Å²) < 4.78 is 14.7. The maximum atomic E-state index is 13.0. The van der Waals surface area contributed by atoms with Crippen LogP contribution in [0.25, 0.3) is 0 Å². The zero-order valence-electron chi connectivity index (χ0n) is 12.7. The van der Waals surface area contributed by atoms with Crippen LogP contribution in [0.2, 0.25) is 0 Å². The molecule has 4 nitrogen and oxygen atoms in total. The highest BCUT2D eigenvalue weighted by Gasteiger charge is 2.36. The number of ketones is 1. The molecule has 1 aromatic heterocycles. The predicted octanol–water partition coefficient (Wildman–Crippen LogP) is 3.52. The molecule has 0 aliphatic rings. The fourth-order valence-electron chi connectivity index (χ4n) is 2.76.